The Hall–Kier alpha value is -2.63. The maximum absolute atomic E-state index is 11.7. The van der Waals surface area contributed by atoms with Crippen molar-refractivity contribution in [3.63, 3.8) is 0 Å². The molecule has 0 aliphatic rings. The van der Waals surface area contributed by atoms with Crippen molar-refractivity contribution in [2.45, 2.75) is 13.5 Å². The van der Waals surface area contributed by atoms with Gasteiger partial charge in [-0.05, 0) is 24.6 Å². The van der Waals surface area contributed by atoms with Crippen LogP contribution in [0.4, 0.5) is 11.4 Å². The van der Waals surface area contributed by atoms with Gasteiger partial charge in [0.1, 0.15) is 5.69 Å². The van der Waals surface area contributed by atoms with Gasteiger partial charge in [0.15, 0.2) is 0 Å². The molecule has 0 saturated carbocycles. The normalized spacial score (nSPS) is 10.4. The monoisotopic (exact) mass is 259 g/mol. The third-order valence-electron chi connectivity index (χ3n) is 2.90. The molecule has 19 heavy (non-hydrogen) atoms. The predicted molar refractivity (Wildman–Crippen MR) is 72.0 cm³/mol. The molecule has 2 rings (SSSR count). The minimum atomic E-state index is -0.529. The van der Waals surface area contributed by atoms with Crippen LogP contribution in [0.3, 0.4) is 0 Å². The van der Waals surface area contributed by atoms with Gasteiger partial charge in [0.25, 0.3) is 11.2 Å². The zero-order valence-electron chi connectivity index (χ0n) is 10.4. The van der Waals surface area contributed by atoms with E-state index in [0.29, 0.717) is 6.54 Å². The first-order valence-electron chi connectivity index (χ1n) is 5.68. The van der Waals surface area contributed by atoms with Gasteiger partial charge in [-0.1, -0.05) is 12.1 Å². The van der Waals surface area contributed by atoms with E-state index < -0.39 is 4.92 Å². The Morgan fingerprint density at radius 2 is 2.05 bits per heavy atom. The predicted octanol–water partition coefficient (Wildman–Crippen LogP) is 1.70. The van der Waals surface area contributed by atoms with Crippen LogP contribution in [0.25, 0.3) is 0 Å². The van der Waals surface area contributed by atoms with Gasteiger partial charge >= 0.3 is 0 Å². The van der Waals surface area contributed by atoms with Crippen LogP contribution >= 0.6 is 0 Å². The Labute approximate surface area is 109 Å². The van der Waals surface area contributed by atoms with E-state index in [1.54, 1.807) is 16.7 Å². The number of nitro benzene ring substituents is 1. The number of nitrogen functional groups attached to an aromatic ring is 1. The van der Waals surface area contributed by atoms with Crippen LogP contribution in [0.5, 0.6) is 0 Å². The largest absolute Gasteiger partial charge is 0.393 e. The summed E-state index contributed by atoms with van der Waals surface area (Å²) in [6.07, 6.45) is 0. The SMILES string of the molecule is Cc1cccc(=O)n1Cc1ccc([N+](=O)[O-])c(N)c1. The van der Waals surface area contributed by atoms with Crippen LogP contribution in [-0.4, -0.2) is 9.49 Å². The Morgan fingerprint density at radius 1 is 1.32 bits per heavy atom. The maximum Gasteiger partial charge on any atom is 0.292 e. The van der Waals surface area contributed by atoms with Crippen molar-refractivity contribution >= 4 is 11.4 Å². The Kier molecular flexibility index (Phi) is 3.33. The molecule has 6 nitrogen and oxygen atoms in total. The molecule has 0 radical (unpaired) electrons. The van der Waals surface area contributed by atoms with Crippen LogP contribution < -0.4 is 11.3 Å². The van der Waals surface area contributed by atoms with Gasteiger partial charge in [0.2, 0.25) is 0 Å². The van der Waals surface area contributed by atoms with Crippen molar-refractivity contribution in [2.24, 2.45) is 0 Å². The summed E-state index contributed by atoms with van der Waals surface area (Å²) < 4.78 is 1.58. The molecular weight excluding hydrogens is 246 g/mol. The van der Waals surface area contributed by atoms with Crippen molar-refractivity contribution in [2.75, 3.05) is 5.73 Å². The van der Waals surface area contributed by atoms with Crippen molar-refractivity contribution in [3.05, 3.63) is 68.1 Å². The van der Waals surface area contributed by atoms with E-state index >= 15 is 0 Å². The zero-order chi connectivity index (χ0) is 14.0. The topological polar surface area (TPSA) is 91.2 Å². The second-order valence-corrected chi connectivity index (χ2v) is 4.24. The molecule has 0 saturated heterocycles. The summed E-state index contributed by atoms with van der Waals surface area (Å²) in [7, 11) is 0. The summed E-state index contributed by atoms with van der Waals surface area (Å²) in [6.45, 7) is 2.17. The molecule has 0 spiro atoms. The lowest BCUT2D eigenvalue weighted by Crippen LogP contribution is -2.21. The highest BCUT2D eigenvalue weighted by Crippen LogP contribution is 2.22. The molecule has 1 aromatic carbocycles. The number of aromatic nitrogens is 1. The van der Waals surface area contributed by atoms with Gasteiger partial charge in [-0.3, -0.25) is 14.9 Å². The molecule has 0 aliphatic heterocycles. The van der Waals surface area contributed by atoms with Gasteiger partial charge in [-0.2, -0.15) is 0 Å². The molecule has 2 N–H and O–H groups in total. The number of pyridine rings is 1. The minimum absolute atomic E-state index is 0.101. The molecule has 1 aromatic heterocycles. The lowest BCUT2D eigenvalue weighted by Gasteiger charge is -2.09. The van der Waals surface area contributed by atoms with Gasteiger partial charge < -0.3 is 10.3 Å². The zero-order valence-corrected chi connectivity index (χ0v) is 10.4. The first-order chi connectivity index (χ1) is 8.99. The standard InChI is InChI=1S/C13H13N3O3/c1-9-3-2-4-13(17)15(9)8-10-5-6-12(16(18)19)11(14)7-10/h2-7H,8,14H2,1H3. The molecule has 6 heteroatoms. The third-order valence-corrected chi connectivity index (χ3v) is 2.90. The number of nitrogens with two attached hydrogens (primary N) is 1. The molecule has 0 bridgehead atoms. The number of rotatable bonds is 3. The lowest BCUT2D eigenvalue weighted by molar-refractivity contribution is -0.383. The summed E-state index contributed by atoms with van der Waals surface area (Å²) in [5, 5.41) is 10.7. The summed E-state index contributed by atoms with van der Waals surface area (Å²) in [5.41, 5.74) is 7.06. The van der Waals surface area contributed by atoms with Gasteiger partial charge in [0.05, 0.1) is 11.5 Å². The molecule has 0 aliphatic carbocycles. The quantitative estimate of drug-likeness (QED) is 0.516. The smallest absolute Gasteiger partial charge is 0.292 e. The van der Waals surface area contributed by atoms with Crippen molar-refractivity contribution < 1.29 is 4.92 Å². The average Bonchev–Trinajstić information content (AvgIpc) is 2.33. The van der Waals surface area contributed by atoms with Crippen LogP contribution in [0.2, 0.25) is 0 Å². The number of nitro groups is 1. The number of hydrogen-bond donors (Lipinski definition) is 1. The van der Waals surface area contributed by atoms with Crippen molar-refractivity contribution in [1.29, 1.82) is 0 Å². The molecule has 98 valence electrons. The van der Waals surface area contributed by atoms with Crippen LogP contribution in [0, 0.1) is 17.0 Å². The molecule has 2 aromatic rings. The number of benzene rings is 1. The fourth-order valence-corrected chi connectivity index (χ4v) is 1.88. The van der Waals surface area contributed by atoms with Crippen LogP contribution in [0.15, 0.2) is 41.2 Å². The third kappa shape index (κ3) is 2.62. The van der Waals surface area contributed by atoms with Crippen LogP contribution in [-0.2, 0) is 6.54 Å². The van der Waals surface area contributed by atoms with E-state index in [0.717, 1.165) is 11.3 Å². The summed E-state index contributed by atoms with van der Waals surface area (Å²) in [5.74, 6) is 0. The second-order valence-electron chi connectivity index (χ2n) is 4.24. The Balaban J connectivity index is 2.37. The minimum Gasteiger partial charge on any atom is -0.393 e. The van der Waals surface area contributed by atoms with E-state index in [1.807, 2.05) is 13.0 Å². The van der Waals surface area contributed by atoms with E-state index in [2.05, 4.69) is 0 Å². The summed E-state index contributed by atoms with van der Waals surface area (Å²) in [4.78, 5) is 21.9. The van der Waals surface area contributed by atoms with Crippen molar-refractivity contribution in [3.8, 4) is 0 Å². The fourth-order valence-electron chi connectivity index (χ4n) is 1.88. The highest BCUT2D eigenvalue weighted by atomic mass is 16.6. The molecule has 1 heterocycles. The van der Waals surface area contributed by atoms with E-state index in [1.165, 1.54) is 18.2 Å². The first kappa shape index (κ1) is 12.8. The van der Waals surface area contributed by atoms with Crippen LogP contribution in [0.1, 0.15) is 11.3 Å². The summed E-state index contributed by atoms with van der Waals surface area (Å²) >= 11 is 0. The van der Waals surface area contributed by atoms with E-state index in [4.69, 9.17) is 5.73 Å². The van der Waals surface area contributed by atoms with E-state index in [-0.39, 0.29) is 16.9 Å². The van der Waals surface area contributed by atoms with E-state index in [9.17, 15) is 14.9 Å². The lowest BCUT2D eigenvalue weighted by atomic mass is 10.1. The Morgan fingerprint density at radius 3 is 2.63 bits per heavy atom. The average molecular weight is 259 g/mol. The number of hydrogen-bond acceptors (Lipinski definition) is 4. The first-order valence-corrected chi connectivity index (χ1v) is 5.68. The van der Waals surface area contributed by atoms with Gasteiger partial charge in [0, 0.05) is 17.8 Å². The van der Waals surface area contributed by atoms with Crippen molar-refractivity contribution in [1.82, 2.24) is 4.57 Å². The van der Waals surface area contributed by atoms with Gasteiger partial charge in [-0.25, -0.2) is 0 Å². The summed E-state index contributed by atoms with van der Waals surface area (Å²) in [6, 6.07) is 9.48. The number of aryl methyl sites for hydroxylation is 1. The maximum atomic E-state index is 11.7. The highest BCUT2D eigenvalue weighted by molar-refractivity contribution is 5.59. The molecule has 0 amide bonds. The number of nitrogens with zero attached hydrogens (tertiary/aromatic N) is 2. The molecular formula is C13H13N3O3. The fraction of sp³-hybridized carbons (Fsp3) is 0.154. The van der Waals surface area contributed by atoms with Gasteiger partial charge in [-0.15, -0.1) is 0 Å². The second kappa shape index (κ2) is 4.93. The highest BCUT2D eigenvalue weighted by Gasteiger charge is 2.11. The molecule has 0 unspecified atom stereocenters. The molecule has 0 atom stereocenters. The molecule has 0 fully saturated rings. The number of anilines is 1. The Bertz CT molecular complexity index is 692.